The monoisotopic (exact) mass is 321 g/mol. The largest absolute Gasteiger partial charge is 0.483 e. The van der Waals surface area contributed by atoms with E-state index in [1.54, 1.807) is 0 Å². The SMILES string of the molecule is CC(C)OC(CN(C)C(C)C)c1ccc2c(c1)OC(C)C(C)O2. The van der Waals surface area contributed by atoms with E-state index in [1.165, 1.54) is 0 Å². The Morgan fingerprint density at radius 1 is 1.04 bits per heavy atom. The average Bonchev–Trinajstić information content (AvgIpc) is 2.46. The normalized spacial score (nSPS) is 22.0. The van der Waals surface area contributed by atoms with Crippen molar-refractivity contribution in [3.63, 3.8) is 0 Å². The van der Waals surface area contributed by atoms with Crippen LogP contribution in [0.2, 0.25) is 0 Å². The fraction of sp³-hybridized carbons (Fsp3) is 0.684. The van der Waals surface area contributed by atoms with Gasteiger partial charge in [-0.05, 0) is 66.3 Å². The third kappa shape index (κ3) is 4.61. The molecule has 0 aliphatic carbocycles. The van der Waals surface area contributed by atoms with Crippen LogP contribution in [0.3, 0.4) is 0 Å². The number of likely N-dealkylation sites (N-methyl/N-ethyl adjacent to an activating group) is 1. The van der Waals surface area contributed by atoms with Crippen LogP contribution in [-0.2, 0) is 4.74 Å². The Morgan fingerprint density at radius 3 is 2.22 bits per heavy atom. The van der Waals surface area contributed by atoms with Crippen LogP contribution in [0.5, 0.6) is 11.5 Å². The summed E-state index contributed by atoms with van der Waals surface area (Å²) >= 11 is 0. The molecule has 0 saturated carbocycles. The average molecular weight is 321 g/mol. The van der Waals surface area contributed by atoms with Gasteiger partial charge in [0.15, 0.2) is 11.5 Å². The predicted octanol–water partition coefficient (Wildman–Crippen LogP) is 4.04. The number of hydrogen-bond acceptors (Lipinski definition) is 4. The van der Waals surface area contributed by atoms with Crippen LogP contribution in [0.15, 0.2) is 18.2 Å². The maximum absolute atomic E-state index is 6.16. The third-order valence-corrected chi connectivity index (χ3v) is 4.40. The summed E-state index contributed by atoms with van der Waals surface area (Å²) in [7, 11) is 2.13. The van der Waals surface area contributed by atoms with Crippen molar-refractivity contribution >= 4 is 0 Å². The van der Waals surface area contributed by atoms with Gasteiger partial charge in [0.2, 0.25) is 0 Å². The van der Waals surface area contributed by atoms with Gasteiger partial charge in [-0.1, -0.05) is 6.07 Å². The molecular weight excluding hydrogens is 290 g/mol. The fourth-order valence-corrected chi connectivity index (χ4v) is 2.53. The molecule has 130 valence electrons. The van der Waals surface area contributed by atoms with Crippen LogP contribution >= 0.6 is 0 Å². The number of benzene rings is 1. The third-order valence-electron chi connectivity index (χ3n) is 4.40. The van der Waals surface area contributed by atoms with E-state index in [1.807, 2.05) is 19.9 Å². The van der Waals surface area contributed by atoms with Crippen LogP contribution in [0, 0.1) is 0 Å². The molecule has 0 aromatic heterocycles. The molecule has 0 amide bonds. The van der Waals surface area contributed by atoms with Crippen LogP contribution in [0.25, 0.3) is 0 Å². The van der Waals surface area contributed by atoms with Crippen molar-refractivity contribution in [1.82, 2.24) is 4.90 Å². The first-order valence-electron chi connectivity index (χ1n) is 8.61. The molecule has 0 fully saturated rings. The highest BCUT2D eigenvalue weighted by Crippen LogP contribution is 2.37. The molecule has 0 spiro atoms. The Kier molecular flexibility index (Phi) is 5.93. The smallest absolute Gasteiger partial charge is 0.162 e. The Bertz CT molecular complexity index is 515. The van der Waals surface area contributed by atoms with Crippen LogP contribution in [0.1, 0.15) is 53.2 Å². The summed E-state index contributed by atoms with van der Waals surface area (Å²) < 4.78 is 18.1. The second-order valence-electron chi connectivity index (χ2n) is 7.06. The molecular formula is C19H31NO3. The van der Waals surface area contributed by atoms with Gasteiger partial charge in [0.25, 0.3) is 0 Å². The van der Waals surface area contributed by atoms with Gasteiger partial charge in [-0.15, -0.1) is 0 Å². The molecule has 1 aromatic rings. The van der Waals surface area contributed by atoms with E-state index in [-0.39, 0.29) is 24.4 Å². The second kappa shape index (κ2) is 7.54. The predicted molar refractivity (Wildman–Crippen MR) is 93.4 cm³/mol. The van der Waals surface area contributed by atoms with Crippen molar-refractivity contribution in [3.8, 4) is 11.5 Å². The molecule has 0 saturated heterocycles. The van der Waals surface area contributed by atoms with E-state index < -0.39 is 0 Å². The molecule has 0 N–H and O–H groups in total. The van der Waals surface area contributed by atoms with E-state index in [0.717, 1.165) is 23.6 Å². The fourth-order valence-electron chi connectivity index (χ4n) is 2.53. The Hall–Kier alpha value is -1.26. The van der Waals surface area contributed by atoms with Crippen molar-refractivity contribution in [1.29, 1.82) is 0 Å². The Labute approximate surface area is 140 Å². The van der Waals surface area contributed by atoms with Gasteiger partial charge in [0.1, 0.15) is 12.2 Å². The molecule has 3 atom stereocenters. The van der Waals surface area contributed by atoms with Gasteiger partial charge in [-0.3, -0.25) is 0 Å². The Balaban J connectivity index is 2.23. The van der Waals surface area contributed by atoms with Gasteiger partial charge in [-0.2, -0.15) is 0 Å². The van der Waals surface area contributed by atoms with Crippen molar-refractivity contribution in [2.24, 2.45) is 0 Å². The number of ether oxygens (including phenoxy) is 3. The molecule has 23 heavy (non-hydrogen) atoms. The Morgan fingerprint density at radius 2 is 1.65 bits per heavy atom. The molecule has 1 aliphatic heterocycles. The molecule has 2 rings (SSSR count). The zero-order valence-electron chi connectivity index (χ0n) is 15.5. The highest BCUT2D eigenvalue weighted by Gasteiger charge is 2.26. The summed E-state index contributed by atoms with van der Waals surface area (Å²) in [5.41, 5.74) is 1.13. The minimum Gasteiger partial charge on any atom is -0.483 e. The first-order valence-corrected chi connectivity index (χ1v) is 8.61. The summed E-state index contributed by atoms with van der Waals surface area (Å²) in [6.45, 7) is 13.5. The summed E-state index contributed by atoms with van der Waals surface area (Å²) in [5, 5.41) is 0. The van der Waals surface area contributed by atoms with Crippen molar-refractivity contribution in [2.45, 2.75) is 72.0 Å². The molecule has 1 aliphatic rings. The van der Waals surface area contributed by atoms with E-state index in [9.17, 15) is 0 Å². The molecule has 1 heterocycles. The topological polar surface area (TPSA) is 30.9 Å². The van der Waals surface area contributed by atoms with Gasteiger partial charge in [-0.25, -0.2) is 0 Å². The number of fused-ring (bicyclic) bond motifs is 1. The molecule has 0 radical (unpaired) electrons. The number of nitrogens with zero attached hydrogens (tertiary/aromatic N) is 1. The van der Waals surface area contributed by atoms with Crippen molar-refractivity contribution in [3.05, 3.63) is 23.8 Å². The minimum absolute atomic E-state index is 0.0194. The standard InChI is InChI=1S/C19H31NO3/c1-12(2)20(7)11-19(21-13(3)4)16-8-9-17-18(10-16)23-15(6)14(5)22-17/h8-10,12-15,19H,11H2,1-7H3. The van der Waals surface area contributed by atoms with Gasteiger partial charge in [0.05, 0.1) is 12.2 Å². The number of hydrogen-bond donors (Lipinski definition) is 0. The van der Waals surface area contributed by atoms with Crippen molar-refractivity contribution < 1.29 is 14.2 Å². The lowest BCUT2D eigenvalue weighted by Gasteiger charge is -2.32. The minimum atomic E-state index is 0.0194. The maximum atomic E-state index is 6.16. The summed E-state index contributed by atoms with van der Waals surface area (Å²) in [6, 6.07) is 6.63. The van der Waals surface area contributed by atoms with Crippen LogP contribution in [0.4, 0.5) is 0 Å². The summed E-state index contributed by atoms with van der Waals surface area (Å²) in [6.07, 6.45) is 0.322. The van der Waals surface area contributed by atoms with Crippen LogP contribution in [-0.4, -0.2) is 42.8 Å². The molecule has 1 aromatic carbocycles. The van der Waals surface area contributed by atoms with E-state index >= 15 is 0 Å². The molecule has 0 bridgehead atoms. The highest BCUT2D eigenvalue weighted by molar-refractivity contribution is 5.45. The molecule has 4 heteroatoms. The zero-order valence-corrected chi connectivity index (χ0v) is 15.5. The zero-order chi connectivity index (χ0) is 17.1. The maximum Gasteiger partial charge on any atom is 0.162 e. The lowest BCUT2D eigenvalue weighted by Crippen LogP contribution is -2.35. The first kappa shape index (κ1) is 18.1. The summed E-state index contributed by atoms with van der Waals surface area (Å²) in [5.74, 6) is 1.64. The lowest BCUT2D eigenvalue weighted by atomic mass is 10.1. The van der Waals surface area contributed by atoms with Gasteiger partial charge in [0, 0.05) is 12.6 Å². The second-order valence-corrected chi connectivity index (χ2v) is 7.06. The molecule has 4 nitrogen and oxygen atoms in total. The quantitative estimate of drug-likeness (QED) is 0.791. The van der Waals surface area contributed by atoms with Gasteiger partial charge >= 0.3 is 0 Å². The molecule has 3 unspecified atom stereocenters. The first-order chi connectivity index (χ1) is 10.8. The van der Waals surface area contributed by atoms with Crippen LogP contribution < -0.4 is 9.47 Å². The summed E-state index contributed by atoms with van der Waals surface area (Å²) in [4.78, 5) is 2.30. The number of rotatable bonds is 6. The van der Waals surface area contributed by atoms with Crippen molar-refractivity contribution in [2.75, 3.05) is 13.6 Å². The van der Waals surface area contributed by atoms with Gasteiger partial charge < -0.3 is 19.1 Å². The van der Waals surface area contributed by atoms with E-state index in [0.29, 0.717) is 6.04 Å². The lowest BCUT2D eigenvalue weighted by molar-refractivity contribution is -0.0145. The van der Waals surface area contributed by atoms with E-state index in [4.69, 9.17) is 14.2 Å². The van der Waals surface area contributed by atoms with E-state index in [2.05, 4.69) is 51.8 Å². The highest BCUT2D eigenvalue weighted by atomic mass is 16.6.